The molecule has 9 heteroatoms. The second-order valence-electron chi connectivity index (χ2n) is 8.60. The van der Waals surface area contributed by atoms with Gasteiger partial charge >= 0.3 is 0 Å². The molecule has 3 aromatic rings. The Morgan fingerprint density at radius 2 is 1.71 bits per heavy atom. The van der Waals surface area contributed by atoms with Crippen LogP contribution in [0, 0.1) is 0 Å². The number of aromatic nitrogens is 3. The van der Waals surface area contributed by atoms with Crippen LogP contribution < -0.4 is 20.5 Å². The summed E-state index contributed by atoms with van der Waals surface area (Å²) >= 11 is 0. The second-order valence-corrected chi connectivity index (χ2v) is 8.60. The molecule has 2 aromatic carbocycles. The molecule has 1 saturated heterocycles. The van der Waals surface area contributed by atoms with Gasteiger partial charge in [0.15, 0.2) is 0 Å². The number of carbonyl (C=O) groups excluding carboxylic acids is 1. The number of benzene rings is 2. The average Bonchev–Trinajstić information content (AvgIpc) is 3.20. The lowest BCUT2D eigenvalue weighted by atomic mass is 10.1. The van der Waals surface area contributed by atoms with Crippen LogP contribution in [-0.4, -0.2) is 57.9 Å². The zero-order chi connectivity index (χ0) is 23.9. The molecule has 3 N–H and O–H groups in total. The van der Waals surface area contributed by atoms with Gasteiger partial charge in [0.25, 0.3) is 5.91 Å². The highest BCUT2D eigenvalue weighted by molar-refractivity contribution is 5.97. The molecule has 180 valence electrons. The van der Waals surface area contributed by atoms with E-state index in [1.807, 2.05) is 38.1 Å². The summed E-state index contributed by atoms with van der Waals surface area (Å²) in [5.74, 6) is 1.38. The molecule has 2 heterocycles. The van der Waals surface area contributed by atoms with Gasteiger partial charge in [-0.15, -0.1) is 5.10 Å². The number of hydrogen-bond donors (Lipinski definition) is 2. The lowest BCUT2D eigenvalue weighted by Crippen LogP contribution is -2.33. The number of piperidine rings is 1. The smallest absolute Gasteiger partial charge is 0.281 e. The van der Waals surface area contributed by atoms with Gasteiger partial charge in [-0.2, -0.15) is 9.67 Å². The molecule has 9 nitrogen and oxygen atoms in total. The number of nitrogens with zero attached hydrogens (tertiary/aromatic N) is 4. The van der Waals surface area contributed by atoms with Crippen LogP contribution in [-0.2, 0) is 0 Å². The third-order valence-corrected chi connectivity index (χ3v) is 5.53. The van der Waals surface area contributed by atoms with Crippen LogP contribution in [0.25, 0.3) is 0 Å². The maximum Gasteiger partial charge on any atom is 0.281 e. The number of anilines is 3. The minimum absolute atomic E-state index is 0.00710. The summed E-state index contributed by atoms with van der Waals surface area (Å²) < 4.78 is 12.6. The molecule has 1 aromatic heterocycles. The highest BCUT2D eigenvalue weighted by atomic mass is 16.5. The number of carbonyl (C=O) groups is 1. The van der Waals surface area contributed by atoms with Crippen LogP contribution in [0.15, 0.2) is 48.5 Å². The molecule has 0 amide bonds. The van der Waals surface area contributed by atoms with Crippen molar-refractivity contribution < 1.29 is 14.3 Å². The largest absolute Gasteiger partial charge is 0.492 e. The number of ether oxygens (including phenoxy) is 2. The average molecular weight is 465 g/mol. The Morgan fingerprint density at radius 1 is 1.03 bits per heavy atom. The number of likely N-dealkylation sites (tertiary alicyclic amines) is 1. The molecule has 1 aliphatic rings. The minimum Gasteiger partial charge on any atom is -0.492 e. The zero-order valence-electron chi connectivity index (χ0n) is 19.7. The fraction of sp³-hybridized carbons (Fsp3) is 0.400. The van der Waals surface area contributed by atoms with E-state index in [1.165, 1.54) is 19.3 Å². The van der Waals surface area contributed by atoms with Crippen molar-refractivity contribution in [2.75, 3.05) is 37.3 Å². The first-order valence-corrected chi connectivity index (χ1v) is 11.7. The third kappa shape index (κ3) is 6.26. The van der Waals surface area contributed by atoms with E-state index < -0.39 is 0 Å². The summed E-state index contributed by atoms with van der Waals surface area (Å²) in [5.41, 5.74) is 7.15. The Balaban J connectivity index is 1.32. The quantitative estimate of drug-likeness (QED) is 0.490. The number of nitrogen functional groups attached to an aromatic ring is 1. The van der Waals surface area contributed by atoms with Crippen LogP contribution >= 0.6 is 0 Å². The fourth-order valence-corrected chi connectivity index (χ4v) is 3.84. The molecule has 0 aliphatic carbocycles. The molecule has 0 radical (unpaired) electrons. The lowest BCUT2D eigenvalue weighted by molar-refractivity contribution is 0.0948. The topological polar surface area (TPSA) is 108 Å². The highest BCUT2D eigenvalue weighted by Gasteiger charge is 2.16. The molecule has 0 spiro atoms. The van der Waals surface area contributed by atoms with E-state index >= 15 is 0 Å². The summed E-state index contributed by atoms with van der Waals surface area (Å²) in [6, 6.07) is 14.4. The van der Waals surface area contributed by atoms with Crippen molar-refractivity contribution in [1.82, 2.24) is 19.7 Å². The first-order valence-electron chi connectivity index (χ1n) is 11.7. The van der Waals surface area contributed by atoms with Crippen molar-refractivity contribution in [2.24, 2.45) is 0 Å². The lowest BCUT2D eigenvalue weighted by Gasteiger charge is -2.26. The van der Waals surface area contributed by atoms with Crippen molar-refractivity contribution in [3.05, 3.63) is 54.1 Å². The minimum atomic E-state index is -0.369. The van der Waals surface area contributed by atoms with Crippen molar-refractivity contribution in [1.29, 1.82) is 0 Å². The van der Waals surface area contributed by atoms with E-state index in [1.54, 1.807) is 24.3 Å². The molecule has 0 saturated carbocycles. The zero-order valence-corrected chi connectivity index (χ0v) is 19.7. The molecule has 1 fully saturated rings. The summed E-state index contributed by atoms with van der Waals surface area (Å²) in [5, 5.41) is 7.31. The fourth-order valence-electron chi connectivity index (χ4n) is 3.84. The number of rotatable bonds is 9. The molecule has 0 atom stereocenters. The predicted molar refractivity (Wildman–Crippen MR) is 132 cm³/mol. The van der Waals surface area contributed by atoms with Crippen LogP contribution in [0.3, 0.4) is 0 Å². The van der Waals surface area contributed by atoms with Gasteiger partial charge < -0.3 is 20.5 Å². The normalized spacial score (nSPS) is 14.2. The van der Waals surface area contributed by atoms with E-state index in [0.717, 1.165) is 35.8 Å². The SMILES string of the molecule is CC(C)Oc1ccc(C(=O)n2nc(Nc3ccc(OCCN4CCCCC4)cc3)nc2N)cc1. The van der Waals surface area contributed by atoms with E-state index in [4.69, 9.17) is 15.2 Å². The Morgan fingerprint density at radius 3 is 2.38 bits per heavy atom. The van der Waals surface area contributed by atoms with Gasteiger partial charge in [0.05, 0.1) is 6.10 Å². The molecule has 0 unspecified atom stereocenters. The van der Waals surface area contributed by atoms with Crippen LogP contribution in [0.2, 0.25) is 0 Å². The maximum atomic E-state index is 12.8. The first kappa shape index (κ1) is 23.6. The molecule has 1 aliphatic heterocycles. The molecule has 0 bridgehead atoms. The standard InChI is InChI=1S/C25H32N6O3/c1-18(2)34-22-10-6-19(7-11-22)23(32)31-24(26)28-25(29-31)27-20-8-12-21(13-9-20)33-17-16-30-14-4-3-5-15-30/h6-13,18H,3-5,14-17H2,1-2H3,(H3,26,27,28,29). The van der Waals surface area contributed by atoms with Gasteiger partial charge in [0.1, 0.15) is 18.1 Å². The van der Waals surface area contributed by atoms with Gasteiger partial charge in [-0.25, -0.2) is 0 Å². The van der Waals surface area contributed by atoms with E-state index in [9.17, 15) is 4.79 Å². The van der Waals surface area contributed by atoms with E-state index in [2.05, 4.69) is 20.3 Å². The van der Waals surface area contributed by atoms with Gasteiger partial charge in [0.2, 0.25) is 11.9 Å². The molecular weight excluding hydrogens is 432 g/mol. The second kappa shape index (κ2) is 11.0. The maximum absolute atomic E-state index is 12.8. The van der Waals surface area contributed by atoms with Crippen molar-refractivity contribution in [2.45, 2.75) is 39.2 Å². The van der Waals surface area contributed by atoms with E-state index in [0.29, 0.717) is 17.9 Å². The van der Waals surface area contributed by atoms with Crippen LogP contribution in [0.4, 0.5) is 17.6 Å². The summed E-state index contributed by atoms with van der Waals surface area (Å²) in [7, 11) is 0. The third-order valence-electron chi connectivity index (χ3n) is 5.53. The van der Waals surface area contributed by atoms with Gasteiger partial charge in [-0.3, -0.25) is 9.69 Å². The molecular formula is C25H32N6O3. The van der Waals surface area contributed by atoms with E-state index in [-0.39, 0.29) is 23.9 Å². The summed E-state index contributed by atoms with van der Waals surface area (Å²) in [6.07, 6.45) is 3.94. The van der Waals surface area contributed by atoms with Gasteiger partial charge in [-0.05, 0) is 88.3 Å². The summed E-state index contributed by atoms with van der Waals surface area (Å²) in [6.45, 7) is 7.83. The molecule has 4 rings (SSSR count). The van der Waals surface area contributed by atoms with Crippen LogP contribution in [0.5, 0.6) is 11.5 Å². The van der Waals surface area contributed by atoms with Crippen molar-refractivity contribution >= 4 is 23.5 Å². The van der Waals surface area contributed by atoms with Gasteiger partial charge in [-0.1, -0.05) is 6.42 Å². The number of nitrogens with two attached hydrogens (primary N) is 1. The monoisotopic (exact) mass is 464 g/mol. The number of hydrogen-bond acceptors (Lipinski definition) is 8. The Kier molecular flexibility index (Phi) is 7.64. The summed E-state index contributed by atoms with van der Waals surface area (Å²) in [4.78, 5) is 19.4. The first-order chi connectivity index (χ1) is 16.5. The Bertz CT molecular complexity index is 1070. The highest BCUT2D eigenvalue weighted by Crippen LogP contribution is 2.20. The van der Waals surface area contributed by atoms with Crippen molar-refractivity contribution in [3.8, 4) is 11.5 Å². The van der Waals surface area contributed by atoms with Crippen molar-refractivity contribution in [3.63, 3.8) is 0 Å². The van der Waals surface area contributed by atoms with Crippen LogP contribution in [0.1, 0.15) is 43.5 Å². The molecule has 34 heavy (non-hydrogen) atoms. The number of nitrogens with one attached hydrogen (secondary N) is 1. The van der Waals surface area contributed by atoms with Gasteiger partial charge in [0, 0.05) is 17.8 Å². The Labute approximate surface area is 199 Å². The Hall–Kier alpha value is -3.59. The predicted octanol–water partition coefficient (Wildman–Crippen LogP) is 3.94.